The Labute approximate surface area is 123 Å². The highest BCUT2D eigenvalue weighted by Gasteiger charge is 1.89. The number of hydrogen-bond acceptors (Lipinski definition) is 7. The average molecular weight is 300 g/mol. The Bertz CT molecular complexity index is 310. The number of carbonyl (C=O) groups excluding carboxylic acids is 4. The molecule has 0 aromatic carbocycles. The molecule has 0 aromatic rings. The summed E-state index contributed by atoms with van der Waals surface area (Å²) in [6.45, 7) is 13.0. The summed E-state index contributed by atoms with van der Waals surface area (Å²) in [4.78, 5) is 38.6. The molecular formula is C14H20O7-2. The molecule has 21 heavy (non-hydrogen) atoms. The van der Waals surface area contributed by atoms with Crippen molar-refractivity contribution in [3.05, 3.63) is 24.7 Å². The van der Waals surface area contributed by atoms with Gasteiger partial charge in [-0.25, -0.2) is 0 Å². The number of hydrogen-bond donors (Lipinski definition) is 0. The molecule has 0 spiro atoms. The lowest BCUT2D eigenvalue weighted by molar-refractivity contribution is -0.306. The lowest BCUT2D eigenvalue weighted by Crippen LogP contribution is -2.24. The zero-order valence-corrected chi connectivity index (χ0v) is 12.7. The molecule has 0 aliphatic rings. The second-order valence-corrected chi connectivity index (χ2v) is 4.01. The van der Waals surface area contributed by atoms with Crippen LogP contribution in [0.3, 0.4) is 0 Å². The van der Waals surface area contributed by atoms with Crippen molar-refractivity contribution in [1.82, 2.24) is 0 Å². The number of carboxylic acids is 2. The summed E-state index contributed by atoms with van der Waals surface area (Å²) in [6, 6.07) is 0. The predicted octanol–water partition coefficient (Wildman–Crippen LogP) is -0.499. The number of ketones is 2. The maximum Gasteiger partial charge on any atom is 0.135 e. The van der Waals surface area contributed by atoms with Crippen LogP contribution in [0.2, 0.25) is 0 Å². The fourth-order valence-corrected chi connectivity index (χ4v) is 0.704. The Kier molecular flexibility index (Phi) is 15.7. The molecule has 0 amide bonds. The molecule has 0 bridgehead atoms. The van der Waals surface area contributed by atoms with Crippen molar-refractivity contribution in [3.8, 4) is 0 Å². The zero-order chi connectivity index (χ0) is 17.6. The van der Waals surface area contributed by atoms with Crippen molar-refractivity contribution < 1.29 is 34.1 Å². The van der Waals surface area contributed by atoms with Crippen molar-refractivity contribution in [2.24, 2.45) is 0 Å². The molecular weight excluding hydrogens is 280 g/mol. The molecule has 0 aliphatic heterocycles. The molecule has 0 atom stereocenters. The Morgan fingerprint density at radius 2 is 1.00 bits per heavy atom. The topological polar surface area (TPSA) is 124 Å². The van der Waals surface area contributed by atoms with E-state index in [1.54, 1.807) is 13.8 Å². The van der Waals surface area contributed by atoms with Gasteiger partial charge in [-0.3, -0.25) is 9.59 Å². The first-order valence-electron chi connectivity index (χ1n) is 5.75. The van der Waals surface area contributed by atoms with Crippen LogP contribution in [0, 0.1) is 0 Å². The van der Waals surface area contributed by atoms with Gasteiger partial charge in [0.25, 0.3) is 0 Å². The van der Waals surface area contributed by atoms with Gasteiger partial charge in [0.15, 0.2) is 0 Å². The van der Waals surface area contributed by atoms with Gasteiger partial charge in [0.1, 0.15) is 11.6 Å². The van der Waals surface area contributed by atoms with Crippen molar-refractivity contribution in [1.29, 1.82) is 0 Å². The van der Waals surface area contributed by atoms with Crippen LogP contribution in [0.4, 0.5) is 0 Å². The molecule has 0 radical (unpaired) electrons. The van der Waals surface area contributed by atoms with Gasteiger partial charge >= 0.3 is 0 Å². The van der Waals surface area contributed by atoms with Gasteiger partial charge in [-0.15, -0.1) is 0 Å². The number of ether oxygens (including phenoxy) is 1. The van der Waals surface area contributed by atoms with E-state index in [0.717, 1.165) is 0 Å². The van der Waals surface area contributed by atoms with E-state index in [1.165, 1.54) is 13.8 Å². The number of rotatable bonds is 6. The highest BCUT2D eigenvalue weighted by Crippen LogP contribution is 1.97. The van der Waals surface area contributed by atoms with Gasteiger partial charge in [0, 0.05) is 24.8 Å². The van der Waals surface area contributed by atoms with Gasteiger partial charge in [-0.1, -0.05) is 13.2 Å². The smallest absolute Gasteiger partial charge is 0.135 e. The summed E-state index contributed by atoms with van der Waals surface area (Å²) in [5.41, 5.74) is 0. The standard InChI is InChI=1S/C6H10O.2C4H6O3/c1-5(2)7-6(3)4;2*1-3(5)2-4(6)7/h1,3H2,2,4H3;2*2H2,1H3,(H,6,7)/p-2. The Morgan fingerprint density at radius 1 is 0.762 bits per heavy atom. The third-order valence-electron chi connectivity index (χ3n) is 1.14. The molecule has 120 valence electrons. The minimum absolute atomic E-state index is 0.375. The van der Waals surface area contributed by atoms with E-state index < -0.39 is 24.8 Å². The lowest BCUT2D eigenvalue weighted by atomic mass is 10.3. The Hall–Kier alpha value is -2.44. The van der Waals surface area contributed by atoms with Gasteiger partial charge in [-0.05, 0) is 27.7 Å². The highest BCUT2D eigenvalue weighted by atomic mass is 16.5. The molecule has 0 saturated heterocycles. The SMILES string of the molecule is C=C(C)OC(=C)C.CC(=O)CC(=O)[O-].CC(=O)CC(=O)[O-]. The molecule has 0 aromatic heterocycles. The second kappa shape index (κ2) is 14.0. The Balaban J connectivity index is -0.000000231. The van der Waals surface area contributed by atoms with Crippen LogP contribution in [0.15, 0.2) is 24.7 Å². The molecule has 7 nitrogen and oxygen atoms in total. The number of carbonyl (C=O) groups is 4. The van der Waals surface area contributed by atoms with Crippen molar-refractivity contribution >= 4 is 23.5 Å². The van der Waals surface area contributed by atoms with Crippen LogP contribution < -0.4 is 10.2 Å². The van der Waals surface area contributed by atoms with E-state index in [9.17, 15) is 29.4 Å². The molecule has 0 fully saturated rings. The van der Waals surface area contributed by atoms with E-state index in [4.69, 9.17) is 4.74 Å². The molecule has 0 N–H and O–H groups in total. The minimum Gasteiger partial charge on any atom is -0.550 e. The number of carboxylic acid groups (broad SMARTS) is 2. The monoisotopic (exact) mass is 300 g/mol. The summed E-state index contributed by atoms with van der Waals surface area (Å²) in [7, 11) is 0. The summed E-state index contributed by atoms with van der Waals surface area (Å²) >= 11 is 0. The maximum atomic E-state index is 9.83. The maximum absolute atomic E-state index is 9.83. The van der Waals surface area contributed by atoms with Crippen LogP contribution in [-0.4, -0.2) is 23.5 Å². The highest BCUT2D eigenvalue weighted by molar-refractivity contribution is 5.92. The van der Waals surface area contributed by atoms with Gasteiger partial charge in [0.05, 0.1) is 11.5 Å². The largest absolute Gasteiger partial charge is 0.550 e. The van der Waals surface area contributed by atoms with Crippen molar-refractivity contribution in [2.45, 2.75) is 40.5 Å². The van der Waals surface area contributed by atoms with E-state index in [1.807, 2.05) is 0 Å². The zero-order valence-electron chi connectivity index (χ0n) is 12.7. The van der Waals surface area contributed by atoms with E-state index in [2.05, 4.69) is 13.2 Å². The van der Waals surface area contributed by atoms with Crippen molar-refractivity contribution in [3.63, 3.8) is 0 Å². The predicted molar refractivity (Wildman–Crippen MR) is 71.3 cm³/mol. The van der Waals surface area contributed by atoms with Gasteiger partial charge in [-0.2, -0.15) is 0 Å². The first-order chi connectivity index (χ1) is 9.38. The van der Waals surface area contributed by atoms with Crippen LogP contribution in [0.25, 0.3) is 0 Å². The van der Waals surface area contributed by atoms with Gasteiger partial charge in [0.2, 0.25) is 0 Å². The van der Waals surface area contributed by atoms with Crippen LogP contribution in [-0.2, 0) is 23.9 Å². The van der Waals surface area contributed by atoms with E-state index in [-0.39, 0.29) is 11.6 Å². The van der Waals surface area contributed by atoms with Crippen LogP contribution >= 0.6 is 0 Å². The third kappa shape index (κ3) is 46.5. The second-order valence-electron chi connectivity index (χ2n) is 4.01. The third-order valence-corrected chi connectivity index (χ3v) is 1.14. The summed E-state index contributed by atoms with van der Waals surface area (Å²) in [6.07, 6.45) is -0.944. The van der Waals surface area contributed by atoms with E-state index in [0.29, 0.717) is 11.5 Å². The molecule has 0 aliphatic carbocycles. The lowest BCUT2D eigenvalue weighted by Gasteiger charge is -1.99. The van der Waals surface area contributed by atoms with Crippen molar-refractivity contribution in [2.75, 3.05) is 0 Å². The normalized spacial score (nSPS) is 8.00. The first-order valence-corrected chi connectivity index (χ1v) is 5.75. The van der Waals surface area contributed by atoms with Gasteiger partial charge < -0.3 is 24.5 Å². The summed E-state index contributed by atoms with van der Waals surface area (Å²) in [5.74, 6) is -2.00. The molecule has 0 heterocycles. The van der Waals surface area contributed by atoms with E-state index >= 15 is 0 Å². The summed E-state index contributed by atoms with van der Waals surface area (Å²) < 4.78 is 4.86. The fraction of sp³-hybridized carbons (Fsp3) is 0.429. The number of aliphatic carboxylic acids is 2. The fourth-order valence-electron chi connectivity index (χ4n) is 0.704. The first kappa shape index (κ1) is 23.6. The molecule has 7 heteroatoms. The minimum atomic E-state index is -1.31. The Morgan fingerprint density at radius 3 is 1.00 bits per heavy atom. The molecule has 0 rings (SSSR count). The molecule has 0 saturated carbocycles. The average Bonchev–Trinajstić information content (AvgIpc) is 2.10. The van der Waals surface area contributed by atoms with Crippen LogP contribution in [0.1, 0.15) is 40.5 Å². The summed E-state index contributed by atoms with van der Waals surface area (Å²) in [5, 5.41) is 19.0. The number of Topliss-reactive ketones (excluding diaryl/α,β-unsaturated/α-hetero) is 2. The van der Waals surface area contributed by atoms with Crippen LogP contribution in [0.5, 0.6) is 0 Å². The number of allylic oxidation sites excluding steroid dienone is 2. The quantitative estimate of drug-likeness (QED) is 0.478. The molecule has 0 unspecified atom stereocenters.